The third-order valence-corrected chi connectivity index (χ3v) is 6.63. The Morgan fingerprint density at radius 2 is 1.66 bits per heavy atom. The van der Waals surface area contributed by atoms with Crippen LogP contribution in [0.25, 0.3) is 28.4 Å². The molecule has 0 spiro atoms. The van der Waals surface area contributed by atoms with Crippen molar-refractivity contribution in [2.24, 2.45) is 0 Å². The smallest absolute Gasteiger partial charge is 0.293 e. The molecule has 0 N–H and O–H groups in total. The molecule has 8 heteroatoms. The quantitative estimate of drug-likeness (QED) is 0.245. The van der Waals surface area contributed by atoms with E-state index in [1.165, 1.54) is 6.07 Å². The molecule has 0 aliphatic carbocycles. The van der Waals surface area contributed by atoms with Gasteiger partial charge in [0.2, 0.25) is 0 Å². The highest BCUT2D eigenvalue weighted by molar-refractivity contribution is 8.18. The summed E-state index contributed by atoms with van der Waals surface area (Å²) in [5.41, 5.74) is 2.13. The first-order chi connectivity index (χ1) is 16.9. The summed E-state index contributed by atoms with van der Waals surface area (Å²) >= 11 is 6.63. The van der Waals surface area contributed by atoms with E-state index in [-0.39, 0.29) is 22.7 Å². The lowest BCUT2D eigenvalue weighted by molar-refractivity contribution is -0.122. The van der Waals surface area contributed by atoms with Crippen LogP contribution in [0.5, 0.6) is 0 Å². The van der Waals surface area contributed by atoms with Crippen LogP contribution in [0.15, 0.2) is 93.0 Å². The number of rotatable bonds is 5. The van der Waals surface area contributed by atoms with Crippen molar-refractivity contribution in [1.29, 1.82) is 0 Å². The number of imide groups is 1. The third kappa shape index (κ3) is 4.69. The van der Waals surface area contributed by atoms with Crippen LogP contribution < -0.4 is 5.43 Å². The fourth-order valence-electron chi connectivity index (χ4n) is 3.65. The zero-order valence-corrected chi connectivity index (χ0v) is 19.6. The maximum atomic E-state index is 12.8. The van der Waals surface area contributed by atoms with Gasteiger partial charge in [-0.3, -0.25) is 24.1 Å². The van der Waals surface area contributed by atoms with E-state index in [1.807, 2.05) is 0 Å². The fraction of sp³-hybridized carbons (Fsp3) is 0.0370. The Morgan fingerprint density at radius 1 is 0.943 bits per heavy atom. The van der Waals surface area contributed by atoms with Crippen molar-refractivity contribution in [3.8, 4) is 11.3 Å². The van der Waals surface area contributed by atoms with Gasteiger partial charge in [-0.05, 0) is 59.8 Å². The Kier molecular flexibility index (Phi) is 6.11. The second-order valence-corrected chi connectivity index (χ2v) is 9.22. The molecule has 1 aliphatic heterocycles. The van der Waals surface area contributed by atoms with Crippen molar-refractivity contribution in [3.63, 3.8) is 0 Å². The van der Waals surface area contributed by atoms with Crippen LogP contribution in [0.4, 0.5) is 4.79 Å². The first-order valence-electron chi connectivity index (χ1n) is 10.6. The van der Waals surface area contributed by atoms with Gasteiger partial charge in [0.25, 0.3) is 11.1 Å². The number of hydrogen-bond acceptors (Lipinski definition) is 6. The van der Waals surface area contributed by atoms with Crippen molar-refractivity contribution >= 4 is 57.3 Å². The van der Waals surface area contributed by atoms with Gasteiger partial charge in [0.05, 0.1) is 16.8 Å². The highest BCUT2D eigenvalue weighted by Gasteiger charge is 2.36. The van der Waals surface area contributed by atoms with Crippen molar-refractivity contribution in [1.82, 2.24) is 4.90 Å². The summed E-state index contributed by atoms with van der Waals surface area (Å²) in [7, 11) is 0. The molecule has 2 amide bonds. The Bertz CT molecular complexity index is 1570. The van der Waals surface area contributed by atoms with E-state index < -0.39 is 11.1 Å². The average molecular weight is 502 g/mol. The minimum atomic E-state index is -0.521. The van der Waals surface area contributed by atoms with Gasteiger partial charge in [-0.25, -0.2) is 0 Å². The van der Waals surface area contributed by atoms with Gasteiger partial charge in [-0.1, -0.05) is 48.0 Å². The van der Waals surface area contributed by atoms with Crippen LogP contribution in [0, 0.1) is 0 Å². The molecule has 1 aliphatic rings. The summed E-state index contributed by atoms with van der Waals surface area (Å²) in [6.07, 6.45) is 1.60. The highest BCUT2D eigenvalue weighted by Crippen LogP contribution is 2.33. The maximum Gasteiger partial charge on any atom is 0.293 e. The highest BCUT2D eigenvalue weighted by atomic mass is 35.5. The first kappa shape index (κ1) is 22.8. The minimum absolute atomic E-state index is 0.132. The second kappa shape index (κ2) is 9.37. The van der Waals surface area contributed by atoms with E-state index in [0.29, 0.717) is 38.4 Å². The van der Waals surface area contributed by atoms with Crippen LogP contribution >= 0.6 is 23.4 Å². The van der Waals surface area contributed by atoms with E-state index >= 15 is 0 Å². The molecule has 1 fully saturated rings. The van der Waals surface area contributed by atoms with Crippen molar-refractivity contribution in [2.45, 2.75) is 0 Å². The number of thioether (sulfide) groups is 1. The summed E-state index contributed by atoms with van der Waals surface area (Å²) in [5.74, 6) is -0.445. The number of ketones is 1. The van der Waals surface area contributed by atoms with Gasteiger partial charge < -0.3 is 4.42 Å². The predicted molar refractivity (Wildman–Crippen MR) is 136 cm³/mol. The molecule has 6 nitrogen and oxygen atoms in total. The Labute approximate surface area is 208 Å². The van der Waals surface area contributed by atoms with E-state index in [1.54, 1.807) is 78.9 Å². The summed E-state index contributed by atoms with van der Waals surface area (Å²) in [5, 5.41) is 0.501. The van der Waals surface area contributed by atoms with Gasteiger partial charge in [0.1, 0.15) is 11.3 Å². The molecular formula is C27H16ClNO5S. The summed E-state index contributed by atoms with van der Waals surface area (Å²) < 4.78 is 5.86. The lowest BCUT2D eigenvalue weighted by atomic mass is 10.1. The Morgan fingerprint density at radius 3 is 2.40 bits per heavy atom. The molecule has 4 aromatic rings. The lowest BCUT2D eigenvalue weighted by Crippen LogP contribution is -2.33. The number of carbonyl (C=O) groups excluding carboxylic acids is 3. The number of hydrogen-bond donors (Lipinski definition) is 0. The van der Waals surface area contributed by atoms with E-state index in [9.17, 15) is 19.2 Å². The molecule has 1 aromatic heterocycles. The average Bonchev–Trinajstić information content (AvgIpc) is 3.12. The van der Waals surface area contributed by atoms with Crippen LogP contribution in [0.2, 0.25) is 5.02 Å². The molecular weight excluding hydrogens is 486 g/mol. The zero-order chi connectivity index (χ0) is 24.5. The van der Waals surface area contributed by atoms with Gasteiger partial charge in [0, 0.05) is 22.2 Å². The van der Waals surface area contributed by atoms with Gasteiger partial charge in [-0.15, -0.1) is 0 Å². The van der Waals surface area contributed by atoms with Gasteiger partial charge in [-0.2, -0.15) is 0 Å². The maximum absolute atomic E-state index is 12.8. The molecule has 3 aromatic carbocycles. The molecule has 2 heterocycles. The van der Waals surface area contributed by atoms with Crippen molar-refractivity contribution in [2.75, 3.05) is 6.54 Å². The number of halogens is 1. The van der Waals surface area contributed by atoms with Crippen LogP contribution in [-0.2, 0) is 4.79 Å². The molecule has 5 rings (SSSR count). The number of nitrogens with zero attached hydrogens (tertiary/aromatic N) is 1. The number of Topliss-reactive ketones (excluding diaryl/α,β-unsaturated/α-hetero) is 1. The molecule has 0 bridgehead atoms. The lowest BCUT2D eigenvalue weighted by Gasteiger charge is -2.11. The minimum Gasteiger partial charge on any atom is -0.456 e. The Hall–Kier alpha value is -3.94. The summed E-state index contributed by atoms with van der Waals surface area (Å²) in [6.45, 7) is -0.344. The molecule has 0 unspecified atom stereocenters. The standard InChI is InChI=1S/C27H16ClNO5S/c28-19-11-9-17(10-12-19)22(31)15-29-26(32)25(35-27(29)33)13-16-5-7-18(8-6-16)24-14-21(30)20-3-1-2-4-23(20)34-24/h1-14H,15H2/b25-13+. The normalized spacial score (nSPS) is 14.8. The van der Waals surface area contributed by atoms with Crippen molar-refractivity contribution < 1.29 is 18.8 Å². The van der Waals surface area contributed by atoms with E-state index in [4.69, 9.17) is 16.0 Å². The number of carbonyl (C=O) groups is 3. The molecule has 172 valence electrons. The number of fused-ring (bicyclic) bond motifs is 1. The molecule has 0 radical (unpaired) electrons. The first-order valence-corrected chi connectivity index (χ1v) is 11.8. The largest absolute Gasteiger partial charge is 0.456 e. The zero-order valence-electron chi connectivity index (χ0n) is 18.1. The fourth-order valence-corrected chi connectivity index (χ4v) is 4.61. The van der Waals surface area contributed by atoms with Crippen LogP contribution in [-0.4, -0.2) is 28.4 Å². The third-order valence-electron chi connectivity index (χ3n) is 5.47. The molecule has 35 heavy (non-hydrogen) atoms. The molecule has 0 saturated carbocycles. The van der Waals surface area contributed by atoms with Crippen LogP contribution in [0.3, 0.4) is 0 Å². The monoisotopic (exact) mass is 501 g/mol. The Balaban J connectivity index is 1.34. The van der Waals surface area contributed by atoms with E-state index in [2.05, 4.69) is 0 Å². The number of para-hydroxylation sites is 1. The number of amides is 2. The summed E-state index contributed by atoms with van der Waals surface area (Å²) in [4.78, 5) is 51.2. The van der Waals surface area contributed by atoms with Gasteiger partial charge in [0.15, 0.2) is 11.2 Å². The summed E-state index contributed by atoms with van der Waals surface area (Å²) in [6, 6.07) is 21.8. The number of benzene rings is 3. The van der Waals surface area contributed by atoms with Crippen LogP contribution in [0.1, 0.15) is 15.9 Å². The van der Waals surface area contributed by atoms with Crippen molar-refractivity contribution in [3.05, 3.63) is 110 Å². The topological polar surface area (TPSA) is 84.7 Å². The molecule has 0 atom stereocenters. The van der Waals surface area contributed by atoms with E-state index in [0.717, 1.165) is 16.7 Å². The molecule has 1 saturated heterocycles. The van der Waals surface area contributed by atoms with Gasteiger partial charge >= 0.3 is 0 Å². The SMILES string of the molecule is O=C(CN1C(=O)S/C(=C/c2ccc(-c3cc(=O)c4ccccc4o3)cc2)C1=O)c1ccc(Cl)cc1. The second-order valence-electron chi connectivity index (χ2n) is 7.79. The predicted octanol–water partition coefficient (Wildman–Crippen LogP) is 6.03.